The van der Waals surface area contributed by atoms with Gasteiger partial charge in [0.05, 0.1) is 0 Å². The van der Waals surface area contributed by atoms with Crippen molar-refractivity contribution < 1.29 is 4.42 Å². The molecule has 6 aromatic rings. The molecule has 8 radical (unpaired) electrons. The van der Waals surface area contributed by atoms with Crippen LogP contribution in [0.25, 0.3) is 54.6 Å². The molecule has 1 aromatic heterocycles. The van der Waals surface area contributed by atoms with Gasteiger partial charge in [0.25, 0.3) is 0 Å². The standard InChI is InChI=1S/C26H11B4BrO/c27-22-21(23(28)25(30)26(31)24(22)29)15-6-5-14-11-20-18(9-16(14)7-15)17-8-12-3-1-2-4-13(12)10-19(17)32-20/h1-11H. The third-order valence-corrected chi connectivity index (χ3v) is 7.03. The second-order valence-corrected chi connectivity index (χ2v) is 8.84. The topological polar surface area (TPSA) is 13.1 Å². The molecule has 0 amide bonds. The van der Waals surface area contributed by atoms with Gasteiger partial charge in [-0.25, -0.2) is 0 Å². The zero-order chi connectivity index (χ0) is 22.1. The van der Waals surface area contributed by atoms with Crippen LogP contribution in [-0.2, 0) is 0 Å². The summed E-state index contributed by atoms with van der Waals surface area (Å²) in [4.78, 5) is 0. The van der Waals surface area contributed by atoms with Gasteiger partial charge in [-0.3, -0.25) is 0 Å². The van der Waals surface area contributed by atoms with Gasteiger partial charge < -0.3 is 4.42 Å². The summed E-state index contributed by atoms with van der Waals surface area (Å²) in [6.07, 6.45) is 0. The highest BCUT2D eigenvalue weighted by atomic mass is 79.9. The van der Waals surface area contributed by atoms with E-state index in [0.29, 0.717) is 31.9 Å². The Balaban J connectivity index is 1.63. The van der Waals surface area contributed by atoms with Gasteiger partial charge in [0.15, 0.2) is 0 Å². The van der Waals surface area contributed by atoms with Crippen molar-refractivity contribution in [1.29, 1.82) is 0 Å². The number of rotatable bonds is 1. The zero-order valence-corrected chi connectivity index (χ0v) is 18.5. The summed E-state index contributed by atoms with van der Waals surface area (Å²) in [7, 11) is 25.0. The first-order chi connectivity index (χ1) is 15.4. The second-order valence-electron chi connectivity index (χ2n) is 8.05. The molecular weight excluding hydrogens is 451 g/mol. The lowest BCUT2D eigenvalue weighted by Crippen LogP contribution is -2.43. The monoisotopic (exact) mass is 462 g/mol. The van der Waals surface area contributed by atoms with E-state index in [-0.39, 0.29) is 0 Å². The molecule has 0 saturated carbocycles. The Morgan fingerprint density at radius 1 is 0.562 bits per heavy atom. The van der Waals surface area contributed by atoms with Gasteiger partial charge in [-0.05, 0) is 63.0 Å². The number of benzene rings is 5. The number of fused-ring (bicyclic) bond motifs is 5. The predicted octanol–water partition coefficient (Wildman–Crippen LogP) is 3.50. The molecule has 0 N–H and O–H groups in total. The van der Waals surface area contributed by atoms with Gasteiger partial charge >= 0.3 is 0 Å². The van der Waals surface area contributed by atoms with Crippen molar-refractivity contribution in [3.05, 3.63) is 71.2 Å². The van der Waals surface area contributed by atoms with E-state index >= 15 is 0 Å². The third-order valence-electron chi connectivity index (χ3n) is 6.18. The fourth-order valence-electron chi connectivity index (χ4n) is 4.47. The Bertz CT molecular complexity index is 1710. The summed E-state index contributed by atoms with van der Waals surface area (Å²) in [6.45, 7) is 0. The summed E-state index contributed by atoms with van der Waals surface area (Å²) < 4.78 is 6.71. The Labute approximate surface area is 198 Å². The number of furan rings is 1. The largest absolute Gasteiger partial charge is 0.456 e. The van der Waals surface area contributed by atoms with Crippen molar-refractivity contribution in [3.8, 4) is 11.1 Å². The van der Waals surface area contributed by atoms with E-state index in [1.54, 1.807) is 0 Å². The summed E-state index contributed by atoms with van der Waals surface area (Å²) in [5.74, 6) is 0. The molecule has 0 unspecified atom stereocenters. The van der Waals surface area contributed by atoms with Crippen LogP contribution in [0.4, 0.5) is 0 Å². The van der Waals surface area contributed by atoms with E-state index in [1.165, 1.54) is 5.39 Å². The Morgan fingerprint density at radius 3 is 1.72 bits per heavy atom. The average Bonchev–Trinajstić information content (AvgIpc) is 3.14. The molecule has 0 atom stereocenters. The van der Waals surface area contributed by atoms with Crippen LogP contribution >= 0.6 is 15.9 Å². The Hall–Kier alpha value is -2.84. The molecular formula is C26H11B4BrO. The molecule has 32 heavy (non-hydrogen) atoms. The third kappa shape index (κ3) is 2.82. The predicted molar refractivity (Wildman–Crippen MR) is 143 cm³/mol. The Kier molecular flexibility index (Phi) is 4.39. The molecule has 0 spiro atoms. The molecule has 5 aromatic carbocycles. The molecule has 6 heteroatoms. The smallest absolute Gasteiger partial charge is 0.136 e. The average molecular weight is 463 g/mol. The molecule has 1 nitrogen and oxygen atoms in total. The van der Waals surface area contributed by atoms with Crippen molar-refractivity contribution in [3.63, 3.8) is 0 Å². The van der Waals surface area contributed by atoms with Crippen molar-refractivity contribution in [2.24, 2.45) is 0 Å². The van der Waals surface area contributed by atoms with E-state index in [4.69, 9.17) is 35.8 Å². The van der Waals surface area contributed by atoms with Gasteiger partial charge in [-0.2, -0.15) is 0 Å². The highest BCUT2D eigenvalue weighted by molar-refractivity contribution is 9.10. The van der Waals surface area contributed by atoms with Crippen LogP contribution in [0.3, 0.4) is 0 Å². The van der Waals surface area contributed by atoms with Crippen LogP contribution in [0.1, 0.15) is 0 Å². The minimum Gasteiger partial charge on any atom is -0.456 e. The van der Waals surface area contributed by atoms with Gasteiger partial charge in [0.1, 0.15) is 42.6 Å². The maximum absolute atomic E-state index is 6.32. The first-order valence-electron chi connectivity index (χ1n) is 10.1. The molecule has 0 bridgehead atoms. The summed E-state index contributed by atoms with van der Waals surface area (Å²) in [5, 5.41) is 6.58. The molecule has 0 fully saturated rings. The first kappa shape index (κ1) is 19.8. The lowest BCUT2D eigenvalue weighted by Gasteiger charge is -2.20. The number of hydrogen-bond donors (Lipinski definition) is 0. The maximum atomic E-state index is 6.32. The molecule has 0 aliphatic carbocycles. The lowest BCUT2D eigenvalue weighted by molar-refractivity contribution is 0.670. The van der Waals surface area contributed by atoms with Crippen LogP contribution in [0.15, 0.2) is 75.6 Å². The molecule has 1 heterocycles. The Morgan fingerprint density at radius 2 is 1.09 bits per heavy atom. The first-order valence-corrected chi connectivity index (χ1v) is 10.9. The van der Waals surface area contributed by atoms with E-state index < -0.39 is 0 Å². The van der Waals surface area contributed by atoms with E-state index in [0.717, 1.165) is 43.7 Å². The van der Waals surface area contributed by atoms with E-state index in [2.05, 4.69) is 58.4 Å². The summed E-state index contributed by atoms with van der Waals surface area (Å²) in [6, 6.07) is 22.8. The minimum absolute atomic E-state index is 0.384. The van der Waals surface area contributed by atoms with E-state index in [9.17, 15) is 0 Å². The number of halogens is 1. The van der Waals surface area contributed by atoms with Gasteiger partial charge in [0.2, 0.25) is 0 Å². The zero-order valence-electron chi connectivity index (χ0n) is 16.9. The molecule has 0 saturated heterocycles. The van der Waals surface area contributed by atoms with Gasteiger partial charge in [-0.1, -0.05) is 74.2 Å². The van der Waals surface area contributed by atoms with Crippen molar-refractivity contribution in [1.82, 2.24) is 0 Å². The molecule has 0 aliphatic heterocycles. The van der Waals surface area contributed by atoms with Crippen molar-refractivity contribution in [2.45, 2.75) is 0 Å². The molecule has 6 rings (SSSR count). The molecule has 0 aliphatic rings. The second kappa shape index (κ2) is 7.08. The quantitative estimate of drug-likeness (QED) is 0.341. The van der Waals surface area contributed by atoms with Crippen LogP contribution in [0, 0.1) is 0 Å². The SMILES string of the molecule is [B]c1c([B])c(-c2ccc3cc4oc5cc6ccccc6cc5c4cc3c2)c([B])c([B])c1Br. The van der Waals surface area contributed by atoms with E-state index in [1.807, 2.05) is 24.3 Å². The fraction of sp³-hybridized carbons (Fsp3) is 0. The van der Waals surface area contributed by atoms with Crippen molar-refractivity contribution in [2.75, 3.05) is 0 Å². The fourth-order valence-corrected chi connectivity index (χ4v) is 4.89. The number of hydrogen-bond acceptors (Lipinski definition) is 1. The minimum atomic E-state index is 0.384. The highest BCUT2D eigenvalue weighted by Crippen LogP contribution is 2.35. The summed E-state index contributed by atoms with van der Waals surface area (Å²) in [5.41, 5.74) is 4.81. The normalized spacial score (nSPS) is 11.8. The van der Waals surface area contributed by atoms with Gasteiger partial charge in [-0.15, -0.1) is 0 Å². The maximum Gasteiger partial charge on any atom is 0.136 e. The van der Waals surface area contributed by atoms with Crippen LogP contribution in [0.5, 0.6) is 0 Å². The highest BCUT2D eigenvalue weighted by Gasteiger charge is 2.15. The summed E-state index contributed by atoms with van der Waals surface area (Å²) >= 11 is 3.37. The van der Waals surface area contributed by atoms with Crippen LogP contribution in [0.2, 0.25) is 0 Å². The van der Waals surface area contributed by atoms with Gasteiger partial charge in [0, 0.05) is 15.2 Å². The lowest BCUT2D eigenvalue weighted by atomic mass is 9.66. The van der Waals surface area contributed by atoms with Crippen molar-refractivity contribution >= 4 is 113 Å². The molecule has 140 valence electrons. The van der Waals surface area contributed by atoms with Crippen LogP contribution < -0.4 is 21.9 Å². The van der Waals surface area contributed by atoms with Crippen LogP contribution in [-0.4, -0.2) is 31.4 Å².